The number of nitrogens with zero attached hydrogens (tertiary/aromatic N) is 2. The molecule has 1 N–H and O–H groups in total. The van der Waals surface area contributed by atoms with E-state index >= 15 is 0 Å². The minimum atomic E-state index is -0.145. The lowest BCUT2D eigenvalue weighted by molar-refractivity contribution is -0.452. The number of methoxy groups -OCH3 is 2. The zero-order valence-corrected chi connectivity index (χ0v) is 32.5. The first-order valence-electron chi connectivity index (χ1n) is 18.9. The Labute approximate surface area is 311 Å². The maximum absolute atomic E-state index is 13.7. The molecule has 0 spiro atoms. The van der Waals surface area contributed by atoms with Gasteiger partial charge in [-0.2, -0.15) is 4.58 Å². The number of allylic oxidation sites excluding steroid dienone is 7. The van der Waals surface area contributed by atoms with Gasteiger partial charge in [0.15, 0.2) is 6.54 Å². The minimum Gasteiger partial charge on any atom is -0.506 e. The molecule has 6 nitrogen and oxygen atoms in total. The predicted molar refractivity (Wildman–Crippen MR) is 216 cm³/mol. The Morgan fingerprint density at radius 2 is 1.33 bits per heavy atom. The number of carbonyl (C=O) groups is 1. The van der Waals surface area contributed by atoms with Gasteiger partial charge in [-0.25, -0.2) is 0 Å². The first-order chi connectivity index (χ1) is 25.1. The van der Waals surface area contributed by atoms with Gasteiger partial charge in [-0.3, -0.25) is 4.79 Å². The van der Waals surface area contributed by atoms with Gasteiger partial charge in [-0.15, -0.1) is 0 Å². The molecular weight excluding hydrogens is 645 g/mol. The van der Waals surface area contributed by atoms with Gasteiger partial charge in [-0.05, 0) is 93.7 Å². The second-order valence-electron chi connectivity index (χ2n) is 14.3. The van der Waals surface area contributed by atoms with Crippen LogP contribution in [-0.2, 0) is 14.3 Å². The second-order valence-corrected chi connectivity index (χ2v) is 14.3. The fourth-order valence-electron chi connectivity index (χ4n) is 7.29. The molecule has 3 aromatic rings. The molecule has 274 valence electrons. The predicted octanol–water partition coefficient (Wildman–Crippen LogP) is 10.5. The molecule has 2 atom stereocenters. The largest absolute Gasteiger partial charge is 0.506 e. The number of Topliss-reactive ketones (excluding diaryl/α,β-unsaturated/α-hetero) is 1. The third kappa shape index (κ3) is 8.74. The van der Waals surface area contributed by atoms with Crippen LogP contribution in [-0.4, -0.2) is 60.7 Å². The number of unbranched alkanes of at least 4 members (excludes halogenated alkanes) is 2. The third-order valence-electron chi connectivity index (χ3n) is 10.3. The van der Waals surface area contributed by atoms with Crippen molar-refractivity contribution < 1.29 is 24.0 Å². The lowest BCUT2D eigenvalue weighted by Gasteiger charge is -2.31. The Bertz CT molecular complexity index is 1890. The number of ketones is 1. The average molecular weight is 702 g/mol. The molecule has 6 heteroatoms. The van der Waals surface area contributed by atoms with Crippen molar-refractivity contribution >= 4 is 34.1 Å². The summed E-state index contributed by atoms with van der Waals surface area (Å²) in [6.07, 6.45) is 14.5. The first-order valence-corrected chi connectivity index (χ1v) is 18.9. The number of hydrogen-bond acceptors (Lipinski definition) is 5. The fourth-order valence-corrected chi connectivity index (χ4v) is 7.29. The summed E-state index contributed by atoms with van der Waals surface area (Å²) >= 11 is 0. The Morgan fingerprint density at radius 1 is 0.731 bits per heavy atom. The van der Waals surface area contributed by atoms with E-state index in [1.165, 1.54) is 22.3 Å². The van der Waals surface area contributed by atoms with Gasteiger partial charge < -0.3 is 19.5 Å². The molecule has 0 saturated heterocycles. The van der Waals surface area contributed by atoms with Crippen LogP contribution in [0.4, 0.5) is 17.1 Å². The van der Waals surface area contributed by atoms with Crippen LogP contribution in [0.3, 0.4) is 0 Å². The zero-order valence-electron chi connectivity index (χ0n) is 32.5. The average Bonchev–Trinajstić information content (AvgIpc) is 3.13. The highest BCUT2D eigenvalue weighted by atomic mass is 16.5. The molecule has 0 saturated carbocycles. The van der Waals surface area contributed by atoms with Crippen molar-refractivity contribution in [3.63, 3.8) is 0 Å². The van der Waals surface area contributed by atoms with Crippen molar-refractivity contribution in [2.45, 2.75) is 92.3 Å². The van der Waals surface area contributed by atoms with Crippen LogP contribution in [0, 0.1) is 27.7 Å². The Balaban J connectivity index is 1.44. The highest BCUT2D eigenvalue weighted by molar-refractivity contribution is 6.39. The molecule has 0 aliphatic heterocycles. The number of aliphatic hydroxyl groups excluding tert-OH is 1. The quantitative estimate of drug-likeness (QED) is 0.119. The van der Waals surface area contributed by atoms with E-state index in [0.717, 1.165) is 61.3 Å². The monoisotopic (exact) mass is 701 g/mol. The van der Waals surface area contributed by atoms with Crippen molar-refractivity contribution in [3.8, 4) is 0 Å². The number of anilines is 2. The molecule has 0 bridgehead atoms. The summed E-state index contributed by atoms with van der Waals surface area (Å²) in [5.74, 6) is -0.102. The fraction of sp³-hybridized carbons (Fsp3) is 0.391. The van der Waals surface area contributed by atoms with E-state index in [4.69, 9.17) is 9.47 Å². The second kappa shape index (κ2) is 17.8. The van der Waals surface area contributed by atoms with Gasteiger partial charge in [0.1, 0.15) is 11.9 Å². The molecule has 0 heterocycles. The van der Waals surface area contributed by atoms with E-state index in [9.17, 15) is 9.90 Å². The molecule has 2 aliphatic rings. The maximum atomic E-state index is 13.7. The molecule has 0 fully saturated rings. The summed E-state index contributed by atoms with van der Waals surface area (Å²) in [6.45, 7) is 14.3. The number of rotatable bonds is 16. The summed E-state index contributed by atoms with van der Waals surface area (Å²) in [7, 11) is 3.57. The Kier molecular flexibility index (Phi) is 13.3. The van der Waals surface area contributed by atoms with Gasteiger partial charge in [0.25, 0.3) is 0 Å². The SMILES string of the molecule is CCCCC(CN(c1ccc(C2=C(O)C(=C3C=CC(=[N+](CC(CCCC)OC)c4ccc(C)cc4C)C=C3)C2=O)cc1)c1ccc(C)cc1C)OC. The summed E-state index contributed by atoms with van der Waals surface area (Å²) < 4.78 is 14.1. The highest BCUT2D eigenvalue weighted by Crippen LogP contribution is 2.40. The van der Waals surface area contributed by atoms with Gasteiger partial charge in [0, 0.05) is 55.9 Å². The molecule has 5 rings (SSSR count). The molecular formula is C46H57N2O4+. The molecule has 0 amide bonds. The molecule has 2 unspecified atom stereocenters. The molecule has 52 heavy (non-hydrogen) atoms. The van der Waals surface area contributed by atoms with E-state index in [0.29, 0.717) is 35.4 Å². The van der Waals surface area contributed by atoms with Gasteiger partial charge in [0.05, 0.1) is 17.3 Å². The van der Waals surface area contributed by atoms with Crippen LogP contribution in [0.15, 0.2) is 102 Å². The smallest absolute Gasteiger partial charge is 0.208 e. The standard InChI is InChI=1S/C46H56N2O4/c1-9-11-13-39(51-7)29-47(41-25-15-31(3)27-33(41)5)37-21-17-35(18-22-37)43-45(49)44(46(43)50)36-19-23-38(24-20-36)48(30-40(52-8)14-12-10-2)42-26-16-32(4)28-34(42)6/h15-28,39-40H,9-14,29-30H2,1-8H3/p+1. The Hall–Kier alpha value is -4.52. The first kappa shape index (κ1) is 38.7. The number of aryl methyl sites for hydroxylation is 4. The van der Waals surface area contributed by atoms with E-state index in [-0.39, 0.29) is 23.8 Å². The van der Waals surface area contributed by atoms with Crippen molar-refractivity contribution in [2.75, 3.05) is 32.2 Å². The summed E-state index contributed by atoms with van der Waals surface area (Å²) in [5, 5.41) is 11.3. The zero-order chi connectivity index (χ0) is 37.4. The van der Waals surface area contributed by atoms with Gasteiger partial charge in [-0.1, -0.05) is 81.0 Å². The summed E-state index contributed by atoms with van der Waals surface area (Å²) in [4.78, 5) is 16.0. The number of carbonyl (C=O) groups excluding carboxylic acids is 1. The molecule has 0 aromatic heterocycles. The molecule has 0 radical (unpaired) electrons. The summed E-state index contributed by atoms with van der Waals surface area (Å²) in [5.41, 5.74) is 11.3. The van der Waals surface area contributed by atoms with Crippen molar-refractivity contribution in [3.05, 3.63) is 130 Å². The van der Waals surface area contributed by atoms with E-state index in [2.05, 4.69) is 87.4 Å². The van der Waals surface area contributed by atoms with Crippen molar-refractivity contribution in [1.29, 1.82) is 0 Å². The van der Waals surface area contributed by atoms with Crippen molar-refractivity contribution in [2.24, 2.45) is 0 Å². The number of hydrogen-bond donors (Lipinski definition) is 1. The van der Waals surface area contributed by atoms with E-state index in [1.807, 2.05) is 48.6 Å². The van der Waals surface area contributed by atoms with Crippen LogP contribution < -0.4 is 4.90 Å². The Morgan fingerprint density at radius 3 is 1.88 bits per heavy atom. The van der Waals surface area contributed by atoms with Crippen LogP contribution in [0.5, 0.6) is 0 Å². The summed E-state index contributed by atoms with van der Waals surface area (Å²) in [6, 6.07) is 21.0. The third-order valence-corrected chi connectivity index (χ3v) is 10.3. The number of aliphatic hydroxyl groups is 1. The molecule has 2 aliphatic carbocycles. The van der Waals surface area contributed by atoms with E-state index < -0.39 is 0 Å². The number of benzene rings is 3. The minimum absolute atomic E-state index is 0.0426. The maximum Gasteiger partial charge on any atom is 0.208 e. The van der Waals surface area contributed by atoms with Crippen LogP contribution in [0.2, 0.25) is 0 Å². The lowest BCUT2D eigenvalue weighted by Crippen LogP contribution is -2.30. The van der Waals surface area contributed by atoms with Crippen LogP contribution in [0.1, 0.15) is 80.2 Å². The van der Waals surface area contributed by atoms with Crippen molar-refractivity contribution in [1.82, 2.24) is 0 Å². The number of ether oxygens (including phenoxy) is 2. The van der Waals surface area contributed by atoms with Crippen LogP contribution >= 0.6 is 0 Å². The van der Waals surface area contributed by atoms with Gasteiger partial charge in [0.2, 0.25) is 17.2 Å². The van der Waals surface area contributed by atoms with Crippen LogP contribution in [0.25, 0.3) is 5.57 Å². The lowest BCUT2D eigenvalue weighted by atomic mass is 9.80. The molecule has 3 aromatic carbocycles. The normalized spacial score (nSPS) is 15.3. The highest BCUT2D eigenvalue weighted by Gasteiger charge is 2.37. The van der Waals surface area contributed by atoms with Gasteiger partial charge >= 0.3 is 0 Å². The van der Waals surface area contributed by atoms with E-state index in [1.54, 1.807) is 14.2 Å². The topological polar surface area (TPSA) is 62.0 Å².